The Balaban J connectivity index is 1.75. The van der Waals surface area contributed by atoms with Gasteiger partial charge in [0.2, 0.25) is 0 Å². The summed E-state index contributed by atoms with van der Waals surface area (Å²) in [6.45, 7) is 23.4. The Morgan fingerprint density at radius 2 is 0.854 bits per heavy atom. The second-order valence-electron chi connectivity index (χ2n) is 14.8. The molecular weight excluding hydrogens is 673 g/mol. The molecule has 0 saturated heterocycles. The molecule has 4 nitrogen and oxygen atoms in total. The SMILES string of the molecule is CC(C)(C)N1C(c2ccccc2)=[N+](C(C)(C)C)[Si@]1(S)[S][Ge][S][Si@]1(S)N(C(C)(C)C)C(c2ccccc2)=[N+]1C(C)(C)C. The summed E-state index contributed by atoms with van der Waals surface area (Å²) in [5, 5.41) is 0. The molecule has 2 aliphatic rings. The van der Waals surface area contributed by atoms with Gasteiger partial charge in [0.25, 0.3) is 0 Å². The third kappa shape index (κ3) is 6.18. The predicted octanol–water partition coefficient (Wildman–Crippen LogP) is 7.46. The number of thiol groups is 2. The van der Waals surface area contributed by atoms with Gasteiger partial charge in [-0.1, -0.05) is 0 Å². The van der Waals surface area contributed by atoms with Gasteiger partial charge in [-0.15, -0.1) is 0 Å². The Morgan fingerprint density at radius 1 is 0.561 bits per heavy atom. The summed E-state index contributed by atoms with van der Waals surface area (Å²) < 4.78 is 10.7. The predicted molar refractivity (Wildman–Crippen MR) is 195 cm³/mol. The molecule has 11 heteroatoms. The summed E-state index contributed by atoms with van der Waals surface area (Å²) in [7, 11) is 4.36. The average molecular weight is 722 g/mol. The Hall–Kier alpha value is -0.243. The van der Waals surface area contributed by atoms with E-state index in [2.05, 4.69) is 180 Å². The monoisotopic (exact) mass is 722 g/mol. The number of amidine groups is 2. The Morgan fingerprint density at radius 3 is 1.10 bits per heavy atom. The topological polar surface area (TPSA) is 12.5 Å². The fourth-order valence-electron chi connectivity index (χ4n) is 5.89. The molecule has 0 bridgehead atoms. The van der Waals surface area contributed by atoms with Crippen molar-refractivity contribution >= 4 is 81.4 Å². The van der Waals surface area contributed by atoms with Crippen LogP contribution in [0.4, 0.5) is 0 Å². The minimum absolute atomic E-state index is 0.0274. The minimum atomic E-state index is -2.36. The van der Waals surface area contributed by atoms with Crippen LogP contribution in [0.25, 0.3) is 0 Å². The van der Waals surface area contributed by atoms with E-state index in [0.29, 0.717) is 0 Å². The first-order valence-electron chi connectivity index (χ1n) is 14.3. The summed E-state index contributed by atoms with van der Waals surface area (Å²) in [5.41, 5.74) is 2.45. The second kappa shape index (κ2) is 11.3. The van der Waals surface area contributed by atoms with E-state index in [1.807, 2.05) is 0 Å². The van der Waals surface area contributed by atoms with Crippen molar-refractivity contribution < 1.29 is 8.48 Å². The molecule has 2 aromatic carbocycles. The average Bonchev–Trinajstić information content (AvgIpc) is 2.78. The van der Waals surface area contributed by atoms with Gasteiger partial charge in [-0.2, -0.15) is 0 Å². The van der Waals surface area contributed by atoms with Crippen LogP contribution in [0, 0.1) is 0 Å². The molecule has 2 aromatic rings. The van der Waals surface area contributed by atoms with Gasteiger partial charge in [0.05, 0.1) is 0 Å². The Labute approximate surface area is 274 Å². The summed E-state index contributed by atoms with van der Waals surface area (Å²) in [6.07, 6.45) is 0. The molecule has 0 amide bonds. The summed E-state index contributed by atoms with van der Waals surface area (Å²) in [5.74, 6) is 2.65. The van der Waals surface area contributed by atoms with Crippen LogP contribution in [0.2, 0.25) is 0 Å². The standard InChI is InChI=1S/C30H48GeN4S4Si2/c1-27(2,3)32-25(23-19-15-13-16-20-23)33(28(4,5)6)40(32,36)38-31-39-41(37)34(29(7,8)9)26(35(41)30(10,11)12)24-21-17-14-18-22-24/h13-22,36-37H,1-12H3/q+2. The number of hydrogen-bond acceptors (Lipinski definition) is 6. The molecule has 0 saturated carbocycles. The van der Waals surface area contributed by atoms with E-state index >= 15 is 0 Å². The molecular formula is C30H48GeN4S4Si2+2. The van der Waals surface area contributed by atoms with Gasteiger partial charge in [-0.05, 0) is 0 Å². The number of nitrogens with zero attached hydrogens (tertiary/aromatic N) is 4. The molecule has 0 N–H and O–H groups in total. The zero-order valence-electron chi connectivity index (χ0n) is 26.8. The van der Waals surface area contributed by atoms with Crippen molar-refractivity contribution in [1.82, 2.24) is 9.13 Å². The molecule has 0 fully saturated rings. The van der Waals surface area contributed by atoms with Gasteiger partial charge in [-0.3, -0.25) is 0 Å². The van der Waals surface area contributed by atoms with E-state index in [4.69, 9.17) is 24.2 Å². The normalized spacial score (nSPS) is 24.0. The van der Waals surface area contributed by atoms with Crippen molar-refractivity contribution in [2.45, 2.75) is 105 Å². The third-order valence-corrected chi connectivity index (χ3v) is 50.2. The van der Waals surface area contributed by atoms with Crippen LogP contribution in [0.5, 0.6) is 0 Å². The van der Waals surface area contributed by atoms with E-state index in [1.165, 1.54) is 22.8 Å². The first-order valence-corrected chi connectivity index (χ1v) is 28.9. The van der Waals surface area contributed by atoms with Crippen molar-refractivity contribution in [3.63, 3.8) is 0 Å². The van der Waals surface area contributed by atoms with E-state index < -0.39 is 26.5 Å². The third-order valence-electron chi connectivity index (χ3n) is 7.12. The molecule has 2 aliphatic heterocycles. The van der Waals surface area contributed by atoms with Crippen molar-refractivity contribution in [1.29, 1.82) is 0 Å². The van der Waals surface area contributed by atoms with E-state index in [1.54, 1.807) is 0 Å². The van der Waals surface area contributed by atoms with Crippen LogP contribution in [0.1, 0.15) is 94.2 Å². The van der Waals surface area contributed by atoms with Gasteiger partial charge in [0.1, 0.15) is 0 Å². The molecule has 222 valence electrons. The first kappa shape index (κ1) is 33.6. The van der Waals surface area contributed by atoms with Gasteiger partial charge >= 0.3 is 276 Å². The van der Waals surface area contributed by atoms with E-state index in [0.717, 1.165) is 0 Å². The fraction of sp³-hybridized carbons (Fsp3) is 0.533. The maximum absolute atomic E-state index is 5.68. The quantitative estimate of drug-likeness (QED) is 0.238. The molecule has 0 spiro atoms. The van der Waals surface area contributed by atoms with Crippen LogP contribution in [-0.2, 0) is 0 Å². The van der Waals surface area contributed by atoms with E-state index in [-0.39, 0.29) is 22.2 Å². The van der Waals surface area contributed by atoms with Crippen molar-refractivity contribution in [3.8, 4) is 0 Å². The molecule has 41 heavy (non-hydrogen) atoms. The Bertz CT molecular complexity index is 1240. The van der Waals surface area contributed by atoms with Crippen LogP contribution in [0.3, 0.4) is 0 Å². The van der Waals surface area contributed by atoms with Crippen LogP contribution in [0.15, 0.2) is 60.7 Å². The van der Waals surface area contributed by atoms with Crippen LogP contribution < -0.4 is 0 Å². The number of hydrogen-bond donors (Lipinski definition) is 2. The number of benzene rings is 2. The van der Waals surface area contributed by atoms with Gasteiger partial charge in [0, 0.05) is 0 Å². The molecule has 0 aromatic heterocycles. The summed E-state index contributed by atoms with van der Waals surface area (Å²) in [6, 6.07) is 21.8. The molecule has 0 aliphatic carbocycles. The maximum atomic E-state index is 5.68. The molecule has 2 radical (unpaired) electrons. The zero-order chi connectivity index (χ0) is 30.8. The van der Waals surface area contributed by atoms with Crippen molar-refractivity contribution in [2.75, 3.05) is 0 Å². The molecule has 0 unspecified atom stereocenters. The van der Waals surface area contributed by atoms with Gasteiger partial charge < -0.3 is 0 Å². The number of rotatable bonds is 6. The van der Waals surface area contributed by atoms with Crippen LogP contribution >= 0.6 is 43.2 Å². The first-order chi connectivity index (χ1) is 18.6. The molecule has 2 heterocycles. The fourth-order valence-corrected chi connectivity index (χ4v) is 63.7. The van der Waals surface area contributed by atoms with Crippen LogP contribution in [-0.4, -0.2) is 78.0 Å². The van der Waals surface area contributed by atoms with Crippen molar-refractivity contribution in [2.24, 2.45) is 0 Å². The van der Waals surface area contributed by atoms with Gasteiger partial charge in [0.15, 0.2) is 0 Å². The second-order valence-corrected chi connectivity index (χ2v) is 41.1. The molecule has 2 atom stereocenters. The van der Waals surface area contributed by atoms with Crippen molar-refractivity contribution in [3.05, 3.63) is 71.8 Å². The van der Waals surface area contributed by atoms with E-state index in [9.17, 15) is 0 Å². The zero-order valence-corrected chi connectivity index (χ0v) is 34.3. The Kier molecular flexibility index (Phi) is 9.26. The molecule has 4 rings (SSSR count). The summed E-state index contributed by atoms with van der Waals surface area (Å²) in [4.78, 5) is 0. The summed E-state index contributed by atoms with van der Waals surface area (Å²) >= 11 is 10.9. The van der Waals surface area contributed by atoms with Gasteiger partial charge in [-0.25, -0.2) is 0 Å².